The molecule has 1 aromatic heterocycles. The summed E-state index contributed by atoms with van der Waals surface area (Å²) < 4.78 is 0.990. The molecule has 0 bridgehead atoms. The molecule has 1 aromatic rings. The topological polar surface area (TPSA) is 36.4 Å². The van der Waals surface area contributed by atoms with Gasteiger partial charge in [-0.25, -0.2) is 4.98 Å². The third-order valence-electron chi connectivity index (χ3n) is 2.12. The van der Waals surface area contributed by atoms with Crippen LogP contribution in [0.5, 0.6) is 0 Å². The Hall–Kier alpha value is -0.610. The molecule has 3 nitrogen and oxygen atoms in total. The van der Waals surface area contributed by atoms with Gasteiger partial charge in [-0.05, 0) is 40.9 Å². The molecule has 0 spiro atoms. The fourth-order valence-corrected chi connectivity index (χ4v) is 2.19. The Morgan fingerprint density at radius 1 is 1.47 bits per heavy atom. The van der Waals surface area contributed by atoms with Crippen molar-refractivity contribution in [2.75, 3.05) is 24.6 Å². The van der Waals surface area contributed by atoms with Crippen LogP contribution in [0.4, 0.5) is 5.82 Å². The zero-order valence-corrected chi connectivity index (χ0v) is 10.8. The first-order chi connectivity index (χ1) is 7.19. The normalized spacial score (nSPS) is 10.4. The summed E-state index contributed by atoms with van der Waals surface area (Å²) in [5.74, 6) is 0.913. The first kappa shape index (κ1) is 12.5. The monoisotopic (exact) mass is 272 g/mol. The van der Waals surface area contributed by atoms with Crippen molar-refractivity contribution < 1.29 is 5.11 Å². The average molecular weight is 273 g/mol. The third-order valence-corrected chi connectivity index (χ3v) is 2.71. The number of halogens is 1. The van der Waals surface area contributed by atoms with E-state index in [0.29, 0.717) is 6.54 Å². The van der Waals surface area contributed by atoms with Crippen molar-refractivity contribution in [1.82, 2.24) is 4.98 Å². The van der Waals surface area contributed by atoms with Gasteiger partial charge in [0.1, 0.15) is 5.82 Å². The second-order valence-corrected chi connectivity index (χ2v) is 4.38. The molecule has 0 aliphatic rings. The quantitative estimate of drug-likeness (QED) is 0.894. The zero-order chi connectivity index (χ0) is 11.3. The maximum atomic E-state index is 8.99. The summed E-state index contributed by atoms with van der Waals surface area (Å²) in [6.07, 6.45) is 2.89. The van der Waals surface area contributed by atoms with Gasteiger partial charge in [0.15, 0.2) is 0 Å². The molecule has 0 saturated carbocycles. The first-order valence-corrected chi connectivity index (χ1v) is 5.96. The van der Waals surface area contributed by atoms with E-state index in [1.165, 1.54) is 0 Å². The molecule has 0 aromatic carbocycles. The van der Waals surface area contributed by atoms with Gasteiger partial charge in [0.05, 0.1) is 11.1 Å². The molecular weight excluding hydrogens is 256 g/mol. The number of nitrogens with zero attached hydrogens (tertiary/aromatic N) is 2. The highest BCUT2D eigenvalue weighted by atomic mass is 79.9. The van der Waals surface area contributed by atoms with Crippen LogP contribution in [0.25, 0.3) is 0 Å². The molecule has 4 heteroatoms. The summed E-state index contributed by atoms with van der Waals surface area (Å²) in [6.45, 7) is 5.82. The van der Waals surface area contributed by atoms with E-state index in [-0.39, 0.29) is 6.61 Å². The Bertz CT molecular complexity index is 311. The SMILES string of the molecule is CCCN(CCO)c1ncc(C)cc1Br. The lowest BCUT2D eigenvalue weighted by Gasteiger charge is -2.23. The smallest absolute Gasteiger partial charge is 0.142 e. The lowest BCUT2D eigenvalue weighted by molar-refractivity contribution is 0.301. The first-order valence-electron chi connectivity index (χ1n) is 5.17. The summed E-state index contributed by atoms with van der Waals surface area (Å²) in [5.41, 5.74) is 1.13. The molecule has 0 saturated heterocycles. The minimum Gasteiger partial charge on any atom is -0.395 e. The Labute approximate surface area is 99.3 Å². The van der Waals surface area contributed by atoms with Crippen molar-refractivity contribution in [1.29, 1.82) is 0 Å². The highest BCUT2D eigenvalue weighted by molar-refractivity contribution is 9.10. The largest absolute Gasteiger partial charge is 0.395 e. The summed E-state index contributed by atoms with van der Waals surface area (Å²) in [4.78, 5) is 6.47. The Balaban J connectivity index is 2.89. The molecule has 1 N–H and O–H groups in total. The van der Waals surface area contributed by atoms with Crippen LogP contribution in [-0.2, 0) is 0 Å². The van der Waals surface area contributed by atoms with Crippen LogP contribution in [0.3, 0.4) is 0 Å². The lowest BCUT2D eigenvalue weighted by Crippen LogP contribution is -2.28. The molecule has 84 valence electrons. The van der Waals surface area contributed by atoms with Gasteiger partial charge in [0.2, 0.25) is 0 Å². The van der Waals surface area contributed by atoms with Crippen molar-refractivity contribution in [2.24, 2.45) is 0 Å². The Morgan fingerprint density at radius 3 is 2.73 bits per heavy atom. The van der Waals surface area contributed by atoms with E-state index in [9.17, 15) is 0 Å². The van der Waals surface area contributed by atoms with Crippen LogP contribution in [0, 0.1) is 6.92 Å². The molecular formula is C11H17BrN2O. The van der Waals surface area contributed by atoms with E-state index < -0.39 is 0 Å². The van der Waals surface area contributed by atoms with Crippen LogP contribution in [0.2, 0.25) is 0 Å². The molecule has 0 unspecified atom stereocenters. The maximum Gasteiger partial charge on any atom is 0.142 e. The van der Waals surface area contributed by atoms with Crippen LogP contribution in [0.15, 0.2) is 16.7 Å². The van der Waals surface area contributed by atoms with Gasteiger partial charge in [0, 0.05) is 19.3 Å². The molecule has 1 rings (SSSR count). The average Bonchev–Trinajstić information content (AvgIpc) is 2.17. The van der Waals surface area contributed by atoms with Crippen LogP contribution in [-0.4, -0.2) is 29.8 Å². The second-order valence-electron chi connectivity index (χ2n) is 3.53. The zero-order valence-electron chi connectivity index (χ0n) is 9.20. The molecule has 1 heterocycles. The van der Waals surface area contributed by atoms with Gasteiger partial charge in [-0.15, -0.1) is 0 Å². The number of aryl methyl sites for hydroxylation is 1. The minimum absolute atomic E-state index is 0.155. The fourth-order valence-electron chi connectivity index (χ4n) is 1.47. The second kappa shape index (κ2) is 6.08. The maximum absolute atomic E-state index is 8.99. The molecule has 0 fully saturated rings. The third kappa shape index (κ3) is 3.47. The van der Waals surface area contributed by atoms with Gasteiger partial charge in [-0.1, -0.05) is 6.92 Å². The number of anilines is 1. The summed E-state index contributed by atoms with van der Waals surface area (Å²) in [7, 11) is 0. The standard InChI is InChI=1S/C11H17BrN2O/c1-3-4-14(5-6-15)11-10(12)7-9(2)8-13-11/h7-8,15H,3-6H2,1-2H3. The van der Waals surface area contributed by atoms with Gasteiger partial charge in [-0.2, -0.15) is 0 Å². The molecule has 0 aliphatic heterocycles. The van der Waals surface area contributed by atoms with Gasteiger partial charge < -0.3 is 10.0 Å². The number of pyridine rings is 1. The van der Waals surface area contributed by atoms with Gasteiger partial charge in [0.25, 0.3) is 0 Å². The van der Waals surface area contributed by atoms with Crippen molar-refractivity contribution in [2.45, 2.75) is 20.3 Å². The fraction of sp³-hybridized carbons (Fsp3) is 0.545. The van der Waals surface area contributed by atoms with Gasteiger partial charge in [-0.3, -0.25) is 0 Å². The number of aromatic nitrogens is 1. The number of aliphatic hydroxyl groups excluding tert-OH is 1. The summed E-state index contributed by atoms with van der Waals surface area (Å²) in [6, 6.07) is 2.04. The van der Waals surface area contributed by atoms with Crippen LogP contribution < -0.4 is 4.90 Å². The molecule has 0 aliphatic carbocycles. The number of hydrogen-bond donors (Lipinski definition) is 1. The highest BCUT2D eigenvalue weighted by Crippen LogP contribution is 2.24. The van der Waals surface area contributed by atoms with Crippen LogP contribution >= 0.6 is 15.9 Å². The minimum atomic E-state index is 0.155. The number of rotatable bonds is 5. The Morgan fingerprint density at radius 2 is 2.20 bits per heavy atom. The molecule has 0 radical (unpaired) electrons. The predicted molar refractivity (Wildman–Crippen MR) is 66.3 cm³/mol. The molecule has 15 heavy (non-hydrogen) atoms. The van der Waals surface area contributed by atoms with E-state index >= 15 is 0 Å². The number of aliphatic hydroxyl groups is 1. The van der Waals surface area contributed by atoms with Gasteiger partial charge >= 0.3 is 0 Å². The van der Waals surface area contributed by atoms with E-state index in [1.54, 1.807) is 0 Å². The van der Waals surface area contributed by atoms with Crippen molar-refractivity contribution in [3.05, 3.63) is 22.3 Å². The van der Waals surface area contributed by atoms with Crippen molar-refractivity contribution in [3.8, 4) is 0 Å². The summed E-state index contributed by atoms with van der Waals surface area (Å²) in [5, 5.41) is 8.99. The predicted octanol–water partition coefficient (Wildman–Crippen LogP) is 2.36. The number of hydrogen-bond acceptors (Lipinski definition) is 3. The van der Waals surface area contributed by atoms with E-state index in [0.717, 1.165) is 28.8 Å². The summed E-state index contributed by atoms with van der Waals surface area (Å²) >= 11 is 3.50. The highest BCUT2D eigenvalue weighted by Gasteiger charge is 2.10. The molecule has 0 amide bonds. The molecule has 0 atom stereocenters. The van der Waals surface area contributed by atoms with Crippen molar-refractivity contribution in [3.63, 3.8) is 0 Å². The Kier molecular flexibility index (Phi) is 5.05. The van der Waals surface area contributed by atoms with E-state index in [1.807, 2.05) is 19.2 Å². The van der Waals surface area contributed by atoms with E-state index in [2.05, 4.69) is 32.7 Å². The van der Waals surface area contributed by atoms with Crippen LogP contribution in [0.1, 0.15) is 18.9 Å². The van der Waals surface area contributed by atoms with Crippen molar-refractivity contribution >= 4 is 21.7 Å². The lowest BCUT2D eigenvalue weighted by atomic mass is 10.3. The van der Waals surface area contributed by atoms with E-state index in [4.69, 9.17) is 5.11 Å².